The molecule has 0 saturated heterocycles. The van der Waals surface area contributed by atoms with E-state index in [9.17, 15) is 18.0 Å². The van der Waals surface area contributed by atoms with Gasteiger partial charge in [-0.25, -0.2) is 4.79 Å². The molecule has 0 aliphatic carbocycles. The molecule has 0 unspecified atom stereocenters. The summed E-state index contributed by atoms with van der Waals surface area (Å²) in [4.78, 5) is 11.0. The van der Waals surface area contributed by atoms with Gasteiger partial charge in [0, 0.05) is 18.3 Å². The number of rotatable bonds is 3. The van der Waals surface area contributed by atoms with Crippen molar-refractivity contribution in [2.75, 3.05) is 11.9 Å². The molecule has 0 saturated carbocycles. The molecule has 1 aromatic rings. The van der Waals surface area contributed by atoms with Crippen molar-refractivity contribution in [2.24, 2.45) is 0 Å². The first kappa shape index (κ1) is 13.3. The van der Waals surface area contributed by atoms with Crippen molar-refractivity contribution in [1.82, 2.24) is 9.78 Å². The van der Waals surface area contributed by atoms with Crippen LogP contribution in [0.25, 0.3) is 0 Å². The molecular weight excluding hydrogens is 239 g/mol. The van der Waals surface area contributed by atoms with E-state index in [-0.39, 0.29) is 11.9 Å². The van der Waals surface area contributed by atoms with Crippen molar-refractivity contribution < 1.29 is 22.7 Å². The molecule has 8 heteroatoms. The maximum atomic E-state index is 11.7. The minimum absolute atomic E-state index is 0.0942. The normalized spacial score (nSPS) is 11.6. The third-order valence-corrected chi connectivity index (χ3v) is 1.73. The van der Waals surface area contributed by atoms with E-state index < -0.39 is 18.9 Å². The van der Waals surface area contributed by atoms with Gasteiger partial charge in [0.2, 0.25) is 0 Å². The van der Waals surface area contributed by atoms with Gasteiger partial charge in [0.1, 0.15) is 0 Å². The molecule has 17 heavy (non-hydrogen) atoms. The fourth-order valence-electron chi connectivity index (χ4n) is 0.980. The lowest BCUT2D eigenvalue weighted by Gasteiger charge is -2.08. The molecule has 0 fully saturated rings. The molecule has 0 spiro atoms. The van der Waals surface area contributed by atoms with Crippen molar-refractivity contribution in [3.63, 3.8) is 0 Å². The van der Waals surface area contributed by atoms with Crippen molar-refractivity contribution in [1.29, 1.82) is 0 Å². The highest BCUT2D eigenvalue weighted by Gasteiger charge is 2.29. The topological polar surface area (TPSA) is 56.2 Å². The molecule has 0 aromatic carbocycles. The number of carbonyl (C=O) groups excluding carboxylic acids is 1. The standard InChI is InChI=1S/C9H12F3N3O2/c1-6(2)15-4-3-7(14-15)13-8(16)17-5-9(10,11)12/h3-4,6H,5H2,1-2H3,(H,13,14,16). The molecule has 0 aliphatic rings. The number of anilines is 1. The summed E-state index contributed by atoms with van der Waals surface area (Å²) in [7, 11) is 0. The summed E-state index contributed by atoms with van der Waals surface area (Å²) in [6, 6.07) is 1.56. The van der Waals surface area contributed by atoms with Crippen molar-refractivity contribution in [3.8, 4) is 0 Å². The van der Waals surface area contributed by atoms with E-state index in [0.717, 1.165) is 0 Å². The first-order chi connectivity index (χ1) is 7.78. The number of amides is 1. The zero-order valence-corrected chi connectivity index (χ0v) is 9.28. The number of halogens is 3. The smallest absolute Gasteiger partial charge is 0.422 e. The molecule has 0 atom stereocenters. The minimum atomic E-state index is -4.53. The van der Waals surface area contributed by atoms with Crippen LogP contribution in [0.3, 0.4) is 0 Å². The van der Waals surface area contributed by atoms with Crippen molar-refractivity contribution in [2.45, 2.75) is 26.1 Å². The number of nitrogens with one attached hydrogen (secondary N) is 1. The van der Waals surface area contributed by atoms with Crippen LogP contribution in [0.15, 0.2) is 12.3 Å². The number of ether oxygens (including phenoxy) is 1. The second kappa shape index (κ2) is 5.07. The van der Waals surface area contributed by atoms with Gasteiger partial charge < -0.3 is 4.74 Å². The Balaban J connectivity index is 2.45. The van der Waals surface area contributed by atoms with Gasteiger partial charge in [-0.2, -0.15) is 18.3 Å². The third kappa shape index (κ3) is 4.75. The van der Waals surface area contributed by atoms with E-state index >= 15 is 0 Å². The maximum Gasteiger partial charge on any atom is 0.422 e. The SMILES string of the molecule is CC(C)n1ccc(NC(=O)OCC(F)(F)F)n1. The van der Waals surface area contributed by atoms with Crippen LogP contribution in [0.4, 0.5) is 23.8 Å². The number of hydrogen-bond donors (Lipinski definition) is 1. The Hall–Kier alpha value is -1.73. The summed E-state index contributed by atoms with van der Waals surface area (Å²) < 4.78 is 40.7. The molecular formula is C9H12F3N3O2. The highest BCUT2D eigenvalue weighted by atomic mass is 19.4. The zero-order chi connectivity index (χ0) is 13.1. The minimum Gasteiger partial charge on any atom is -0.440 e. The summed E-state index contributed by atoms with van der Waals surface area (Å²) in [5.74, 6) is 0.144. The lowest BCUT2D eigenvalue weighted by molar-refractivity contribution is -0.159. The quantitative estimate of drug-likeness (QED) is 0.898. The first-order valence-electron chi connectivity index (χ1n) is 4.83. The predicted molar refractivity (Wildman–Crippen MR) is 53.6 cm³/mol. The molecule has 1 rings (SSSR count). The largest absolute Gasteiger partial charge is 0.440 e. The highest BCUT2D eigenvalue weighted by molar-refractivity contribution is 5.83. The Morgan fingerprint density at radius 2 is 2.24 bits per heavy atom. The number of alkyl halides is 3. The number of hydrogen-bond acceptors (Lipinski definition) is 3. The molecule has 1 amide bonds. The zero-order valence-electron chi connectivity index (χ0n) is 9.28. The van der Waals surface area contributed by atoms with Gasteiger partial charge in [-0.05, 0) is 13.8 Å². The first-order valence-corrected chi connectivity index (χ1v) is 4.83. The fourth-order valence-corrected chi connectivity index (χ4v) is 0.980. The van der Waals surface area contributed by atoms with Crippen LogP contribution in [0.1, 0.15) is 19.9 Å². The molecule has 1 heterocycles. The van der Waals surface area contributed by atoms with Gasteiger partial charge in [-0.3, -0.25) is 10.00 Å². The van der Waals surface area contributed by atoms with Crippen molar-refractivity contribution >= 4 is 11.9 Å². The number of aromatic nitrogens is 2. The fraction of sp³-hybridized carbons (Fsp3) is 0.556. The van der Waals surface area contributed by atoms with Crippen LogP contribution < -0.4 is 5.32 Å². The van der Waals surface area contributed by atoms with E-state index in [0.29, 0.717) is 0 Å². The summed E-state index contributed by atoms with van der Waals surface area (Å²) in [6.45, 7) is 2.13. The van der Waals surface area contributed by atoms with Gasteiger partial charge >= 0.3 is 12.3 Å². The molecule has 1 aromatic heterocycles. The highest BCUT2D eigenvalue weighted by Crippen LogP contribution is 2.15. The van der Waals surface area contributed by atoms with Gasteiger partial charge in [0.05, 0.1) is 0 Å². The van der Waals surface area contributed by atoms with E-state index in [1.54, 1.807) is 10.9 Å². The molecule has 1 N–H and O–H groups in total. The van der Waals surface area contributed by atoms with Crippen molar-refractivity contribution in [3.05, 3.63) is 12.3 Å². The Bertz CT molecular complexity index is 387. The molecule has 0 aliphatic heterocycles. The van der Waals surface area contributed by atoms with Crippen LogP contribution >= 0.6 is 0 Å². The number of nitrogens with zero attached hydrogens (tertiary/aromatic N) is 2. The summed E-state index contributed by atoms with van der Waals surface area (Å²) in [5, 5.41) is 6.01. The molecule has 0 bridgehead atoms. The maximum absolute atomic E-state index is 11.7. The average Bonchev–Trinajstić information content (AvgIpc) is 2.62. The van der Waals surface area contributed by atoms with E-state index in [1.165, 1.54) is 6.07 Å². The Labute approximate surface area is 95.5 Å². The van der Waals surface area contributed by atoms with E-state index in [4.69, 9.17) is 0 Å². The molecule has 0 radical (unpaired) electrons. The van der Waals surface area contributed by atoms with Gasteiger partial charge in [-0.1, -0.05) is 0 Å². The molecule has 96 valence electrons. The van der Waals surface area contributed by atoms with Crippen LogP contribution in [-0.4, -0.2) is 28.7 Å². The van der Waals surface area contributed by atoms with Crippen LogP contribution in [0, 0.1) is 0 Å². The lowest BCUT2D eigenvalue weighted by Crippen LogP contribution is -2.23. The van der Waals surface area contributed by atoms with Gasteiger partial charge in [0.15, 0.2) is 12.4 Å². The number of carbonyl (C=O) groups is 1. The van der Waals surface area contributed by atoms with Crippen LogP contribution in [0.2, 0.25) is 0 Å². The summed E-state index contributed by atoms with van der Waals surface area (Å²) in [6.07, 6.45) is -4.12. The van der Waals surface area contributed by atoms with E-state index in [2.05, 4.69) is 15.2 Å². The second-order valence-corrected chi connectivity index (χ2v) is 3.59. The summed E-state index contributed by atoms with van der Waals surface area (Å²) in [5.41, 5.74) is 0. The van der Waals surface area contributed by atoms with Crippen LogP contribution in [-0.2, 0) is 4.74 Å². The average molecular weight is 251 g/mol. The van der Waals surface area contributed by atoms with E-state index in [1.807, 2.05) is 13.8 Å². The Morgan fingerprint density at radius 1 is 1.59 bits per heavy atom. The second-order valence-electron chi connectivity index (χ2n) is 3.59. The van der Waals surface area contributed by atoms with Gasteiger partial charge in [-0.15, -0.1) is 0 Å². The monoisotopic (exact) mass is 251 g/mol. The van der Waals surface area contributed by atoms with Crippen LogP contribution in [0.5, 0.6) is 0 Å². The molecule has 5 nitrogen and oxygen atoms in total. The third-order valence-electron chi connectivity index (χ3n) is 1.73. The summed E-state index contributed by atoms with van der Waals surface area (Å²) >= 11 is 0. The Morgan fingerprint density at radius 3 is 2.71 bits per heavy atom. The van der Waals surface area contributed by atoms with Gasteiger partial charge in [0.25, 0.3) is 0 Å². The Kier molecular flexibility index (Phi) is 3.97. The predicted octanol–water partition coefficient (Wildman–Crippen LogP) is 2.57. The lowest BCUT2D eigenvalue weighted by atomic mass is 10.4.